The second-order valence-corrected chi connectivity index (χ2v) is 12.7. The molecule has 0 aliphatic carbocycles. The largest absolute Gasteiger partial charge is 0.354 e. The van der Waals surface area contributed by atoms with E-state index in [0.29, 0.717) is 22.9 Å². The summed E-state index contributed by atoms with van der Waals surface area (Å²) in [7, 11) is -0.963. The quantitative estimate of drug-likeness (QED) is 0.480. The molecule has 210 valence electrons. The molecule has 1 aromatic carbocycles. The molecule has 10 nitrogen and oxygen atoms in total. The van der Waals surface area contributed by atoms with Crippen molar-refractivity contribution in [3.8, 4) is 0 Å². The SMILES string of the molecule is CN1CCN(c2ccc(Nc3ncc4c(n3)C(c3cc(F)c(CN5CCS(=O)(=O)CC5)c(F)c3)C=N4)cn2)CC1. The number of halogens is 2. The maximum Gasteiger partial charge on any atom is 0.227 e. The summed E-state index contributed by atoms with van der Waals surface area (Å²) < 4.78 is 53.6. The third-order valence-electron chi connectivity index (χ3n) is 7.63. The zero-order chi connectivity index (χ0) is 27.9. The number of aliphatic imine (C=N–C) groups is 1. The van der Waals surface area contributed by atoms with Crippen molar-refractivity contribution in [3.05, 3.63) is 65.1 Å². The Morgan fingerprint density at radius 1 is 0.975 bits per heavy atom. The van der Waals surface area contributed by atoms with Crippen molar-refractivity contribution in [1.29, 1.82) is 0 Å². The van der Waals surface area contributed by atoms with Crippen LogP contribution in [0.3, 0.4) is 0 Å². The number of anilines is 3. The van der Waals surface area contributed by atoms with E-state index in [1.165, 1.54) is 12.1 Å². The van der Waals surface area contributed by atoms with Gasteiger partial charge in [-0.3, -0.25) is 9.89 Å². The molecule has 2 aromatic heterocycles. The van der Waals surface area contributed by atoms with Crippen LogP contribution in [-0.4, -0.2) is 97.2 Å². The standard InChI is InChI=1S/C27H30F2N8O2S/c1-35-4-6-37(7-5-35)25-3-2-19(14-31-25)33-27-32-16-24-26(34-27)20(15-30-24)18-12-22(28)21(23(29)13-18)17-36-8-10-40(38,39)11-9-36/h2-3,12-16,20H,4-11,17H2,1H3,(H,32,33,34). The van der Waals surface area contributed by atoms with E-state index in [9.17, 15) is 8.42 Å². The fourth-order valence-corrected chi connectivity index (χ4v) is 6.42. The van der Waals surface area contributed by atoms with Crippen LogP contribution in [0.1, 0.15) is 22.7 Å². The summed E-state index contributed by atoms with van der Waals surface area (Å²) in [6.45, 7) is 4.37. The Balaban J connectivity index is 1.16. The van der Waals surface area contributed by atoms with Crippen LogP contribution in [0.2, 0.25) is 0 Å². The van der Waals surface area contributed by atoms with E-state index >= 15 is 8.78 Å². The van der Waals surface area contributed by atoms with Crippen LogP contribution in [0.25, 0.3) is 0 Å². The molecule has 0 spiro atoms. The van der Waals surface area contributed by atoms with Gasteiger partial charge in [0.15, 0.2) is 9.84 Å². The van der Waals surface area contributed by atoms with Crippen molar-refractivity contribution in [2.45, 2.75) is 12.5 Å². The number of nitrogens with one attached hydrogen (secondary N) is 1. The molecular formula is C27H30F2N8O2S. The minimum atomic E-state index is -3.07. The Labute approximate surface area is 231 Å². The molecule has 6 rings (SSSR count). The number of nitrogens with zero attached hydrogens (tertiary/aromatic N) is 7. The zero-order valence-corrected chi connectivity index (χ0v) is 22.9. The predicted octanol–water partition coefficient (Wildman–Crippen LogP) is 2.72. The van der Waals surface area contributed by atoms with Gasteiger partial charge in [0.1, 0.15) is 23.1 Å². The monoisotopic (exact) mass is 568 g/mol. The highest BCUT2D eigenvalue weighted by Gasteiger charge is 2.28. The number of pyridine rings is 1. The Hall–Kier alpha value is -3.55. The van der Waals surface area contributed by atoms with E-state index in [2.05, 4.69) is 42.1 Å². The number of fused-ring (bicyclic) bond motifs is 1. The molecular weight excluding hydrogens is 538 g/mol. The lowest BCUT2D eigenvalue weighted by Gasteiger charge is -2.33. The predicted molar refractivity (Wildman–Crippen MR) is 150 cm³/mol. The molecule has 0 amide bonds. The maximum absolute atomic E-state index is 15.1. The molecule has 1 N–H and O–H groups in total. The van der Waals surface area contributed by atoms with Crippen LogP contribution in [0, 0.1) is 11.6 Å². The third kappa shape index (κ3) is 5.67. The molecule has 1 unspecified atom stereocenters. The van der Waals surface area contributed by atoms with Gasteiger partial charge in [0, 0.05) is 57.6 Å². The summed E-state index contributed by atoms with van der Waals surface area (Å²) in [5.41, 5.74) is 2.13. The number of benzene rings is 1. The van der Waals surface area contributed by atoms with Gasteiger partial charge < -0.3 is 15.1 Å². The van der Waals surface area contributed by atoms with Crippen molar-refractivity contribution in [2.75, 3.05) is 68.0 Å². The number of aromatic nitrogens is 3. The minimum Gasteiger partial charge on any atom is -0.354 e. The molecule has 5 heterocycles. The average Bonchev–Trinajstić information content (AvgIpc) is 3.36. The van der Waals surface area contributed by atoms with Gasteiger partial charge in [0.25, 0.3) is 0 Å². The molecule has 0 bridgehead atoms. The Morgan fingerprint density at radius 2 is 1.70 bits per heavy atom. The fourth-order valence-electron chi connectivity index (χ4n) is 5.14. The topological polar surface area (TPSA) is 107 Å². The number of likely N-dealkylation sites (N-methyl/N-ethyl adjacent to an activating group) is 1. The van der Waals surface area contributed by atoms with Crippen LogP contribution in [0.15, 0.2) is 41.7 Å². The highest BCUT2D eigenvalue weighted by molar-refractivity contribution is 7.91. The molecule has 2 fully saturated rings. The van der Waals surface area contributed by atoms with Gasteiger partial charge in [-0.25, -0.2) is 32.2 Å². The van der Waals surface area contributed by atoms with Crippen LogP contribution in [0.5, 0.6) is 0 Å². The fraction of sp³-hybridized carbons (Fsp3) is 0.407. The van der Waals surface area contributed by atoms with Crippen molar-refractivity contribution >= 4 is 39.2 Å². The summed E-state index contributed by atoms with van der Waals surface area (Å²) in [6, 6.07) is 6.50. The smallest absolute Gasteiger partial charge is 0.227 e. The number of piperazine rings is 1. The van der Waals surface area contributed by atoms with Crippen LogP contribution in [-0.2, 0) is 16.4 Å². The molecule has 1 atom stereocenters. The lowest BCUT2D eigenvalue weighted by molar-refractivity contribution is 0.278. The third-order valence-corrected chi connectivity index (χ3v) is 9.24. The van der Waals surface area contributed by atoms with Crippen molar-refractivity contribution < 1.29 is 17.2 Å². The van der Waals surface area contributed by atoms with E-state index in [-0.39, 0.29) is 36.7 Å². The Morgan fingerprint density at radius 3 is 2.38 bits per heavy atom. The molecule has 3 aliphatic heterocycles. The Kier molecular flexibility index (Phi) is 7.19. The second kappa shape index (κ2) is 10.8. The first-order valence-electron chi connectivity index (χ1n) is 13.2. The highest BCUT2D eigenvalue weighted by atomic mass is 32.2. The van der Waals surface area contributed by atoms with Crippen LogP contribution < -0.4 is 10.2 Å². The molecule has 40 heavy (non-hydrogen) atoms. The van der Waals surface area contributed by atoms with Crippen molar-refractivity contribution in [2.24, 2.45) is 4.99 Å². The van der Waals surface area contributed by atoms with Gasteiger partial charge in [-0.2, -0.15) is 0 Å². The summed E-state index contributed by atoms with van der Waals surface area (Å²) in [4.78, 5) is 24.2. The zero-order valence-electron chi connectivity index (χ0n) is 22.1. The van der Waals surface area contributed by atoms with E-state index in [4.69, 9.17) is 0 Å². The first kappa shape index (κ1) is 26.7. The lowest BCUT2D eigenvalue weighted by atomic mass is 9.95. The van der Waals surface area contributed by atoms with E-state index < -0.39 is 27.4 Å². The normalized spacial score (nSPS) is 21.0. The molecule has 3 aromatic rings. The van der Waals surface area contributed by atoms with Gasteiger partial charge in [-0.1, -0.05) is 0 Å². The lowest BCUT2D eigenvalue weighted by Crippen LogP contribution is -2.44. The van der Waals surface area contributed by atoms with Crippen LogP contribution in [0.4, 0.5) is 31.9 Å². The van der Waals surface area contributed by atoms with Gasteiger partial charge in [0.2, 0.25) is 5.95 Å². The average molecular weight is 569 g/mol. The first-order chi connectivity index (χ1) is 19.2. The van der Waals surface area contributed by atoms with E-state index in [1.807, 2.05) is 12.1 Å². The Bertz CT molecular complexity index is 1510. The summed E-state index contributed by atoms with van der Waals surface area (Å²) in [6.07, 6.45) is 4.93. The molecule has 0 radical (unpaired) electrons. The summed E-state index contributed by atoms with van der Waals surface area (Å²) in [5, 5.41) is 3.16. The highest BCUT2D eigenvalue weighted by Crippen LogP contribution is 2.36. The number of rotatable bonds is 6. The van der Waals surface area contributed by atoms with Crippen LogP contribution >= 0.6 is 0 Å². The summed E-state index contributed by atoms with van der Waals surface area (Å²) >= 11 is 0. The van der Waals surface area contributed by atoms with Gasteiger partial charge in [0.05, 0.1) is 41.2 Å². The number of hydrogen-bond donors (Lipinski definition) is 1. The second-order valence-electron chi connectivity index (χ2n) is 10.4. The van der Waals surface area contributed by atoms with Crippen molar-refractivity contribution in [1.82, 2.24) is 24.8 Å². The number of hydrogen-bond acceptors (Lipinski definition) is 10. The van der Waals surface area contributed by atoms with E-state index in [1.54, 1.807) is 23.5 Å². The molecule has 0 saturated carbocycles. The van der Waals surface area contributed by atoms with E-state index in [0.717, 1.165) is 37.7 Å². The molecule has 2 saturated heterocycles. The number of sulfone groups is 1. The minimum absolute atomic E-state index is 0.00379. The van der Waals surface area contributed by atoms with Gasteiger partial charge in [-0.15, -0.1) is 0 Å². The first-order valence-corrected chi connectivity index (χ1v) is 15.0. The maximum atomic E-state index is 15.1. The summed E-state index contributed by atoms with van der Waals surface area (Å²) in [5.74, 6) is -0.643. The van der Waals surface area contributed by atoms with Crippen molar-refractivity contribution in [3.63, 3.8) is 0 Å². The van der Waals surface area contributed by atoms with Gasteiger partial charge in [-0.05, 0) is 36.9 Å². The molecule has 3 aliphatic rings. The van der Waals surface area contributed by atoms with Gasteiger partial charge >= 0.3 is 0 Å². The molecule has 13 heteroatoms.